The highest BCUT2D eigenvalue weighted by Gasteiger charge is 2.30. The van der Waals surface area contributed by atoms with Crippen LogP contribution >= 0.6 is 0 Å². The molecule has 2 N–H and O–H groups in total. The van der Waals surface area contributed by atoms with E-state index in [2.05, 4.69) is 10.9 Å². The minimum Gasteiger partial charge on any atom is -0.493 e. The van der Waals surface area contributed by atoms with E-state index in [0.717, 1.165) is 12.0 Å². The maximum Gasteiger partial charge on any atom is 0.269 e. The predicted octanol–water partition coefficient (Wildman–Crippen LogP) is 3.22. The van der Waals surface area contributed by atoms with Crippen molar-refractivity contribution in [1.82, 2.24) is 10.9 Å². The van der Waals surface area contributed by atoms with Crippen molar-refractivity contribution in [3.63, 3.8) is 0 Å². The Hall–Kier alpha value is -3.02. The number of nitrogens with one attached hydrogen (secondary N) is 2. The molecule has 2 aromatic carbocycles. The summed E-state index contributed by atoms with van der Waals surface area (Å²) in [7, 11) is 1.51. The quantitative estimate of drug-likeness (QED) is 0.734. The van der Waals surface area contributed by atoms with Crippen LogP contribution in [-0.2, 0) is 10.2 Å². The van der Waals surface area contributed by atoms with Gasteiger partial charge in [-0.2, -0.15) is 0 Å². The molecule has 2 rings (SSSR count). The van der Waals surface area contributed by atoms with Crippen molar-refractivity contribution in [2.24, 2.45) is 0 Å². The smallest absolute Gasteiger partial charge is 0.269 e. The first-order valence-corrected chi connectivity index (χ1v) is 8.87. The van der Waals surface area contributed by atoms with Gasteiger partial charge in [0.15, 0.2) is 11.5 Å². The first-order valence-electron chi connectivity index (χ1n) is 8.87. The van der Waals surface area contributed by atoms with Gasteiger partial charge in [-0.05, 0) is 44.0 Å². The molecular weight excluding hydrogens is 344 g/mol. The van der Waals surface area contributed by atoms with Crippen LogP contribution in [0.3, 0.4) is 0 Å². The Morgan fingerprint density at radius 1 is 1.00 bits per heavy atom. The van der Waals surface area contributed by atoms with E-state index in [1.807, 2.05) is 37.3 Å². The van der Waals surface area contributed by atoms with Gasteiger partial charge in [-0.3, -0.25) is 20.4 Å². The van der Waals surface area contributed by atoms with E-state index in [1.165, 1.54) is 7.11 Å². The van der Waals surface area contributed by atoms with Gasteiger partial charge in [-0.1, -0.05) is 37.3 Å². The van der Waals surface area contributed by atoms with E-state index in [0.29, 0.717) is 23.7 Å². The summed E-state index contributed by atoms with van der Waals surface area (Å²) < 4.78 is 10.9. The number of hydrogen-bond donors (Lipinski definition) is 2. The van der Waals surface area contributed by atoms with Gasteiger partial charge in [0.2, 0.25) is 5.91 Å². The molecule has 0 unspecified atom stereocenters. The number of rotatable bonds is 7. The third-order valence-corrected chi connectivity index (χ3v) is 4.24. The number of amides is 2. The molecule has 27 heavy (non-hydrogen) atoms. The Labute approximate surface area is 159 Å². The Balaban J connectivity index is 2.04. The third kappa shape index (κ3) is 5.00. The number of ether oxygens (including phenoxy) is 2. The molecule has 0 aliphatic rings. The molecular formula is C21H26N2O4. The molecule has 2 amide bonds. The van der Waals surface area contributed by atoms with E-state index < -0.39 is 11.3 Å². The Morgan fingerprint density at radius 3 is 2.33 bits per heavy atom. The van der Waals surface area contributed by atoms with Gasteiger partial charge in [0, 0.05) is 5.56 Å². The van der Waals surface area contributed by atoms with Crippen LogP contribution in [0.5, 0.6) is 11.5 Å². The van der Waals surface area contributed by atoms with Gasteiger partial charge in [-0.25, -0.2) is 0 Å². The molecule has 6 heteroatoms. The van der Waals surface area contributed by atoms with Crippen LogP contribution in [0.4, 0.5) is 0 Å². The second-order valence-electron chi connectivity index (χ2n) is 6.61. The average molecular weight is 370 g/mol. The summed E-state index contributed by atoms with van der Waals surface area (Å²) >= 11 is 0. The molecule has 0 atom stereocenters. The topological polar surface area (TPSA) is 76.7 Å². The van der Waals surface area contributed by atoms with Crippen molar-refractivity contribution < 1.29 is 19.1 Å². The molecule has 0 bridgehead atoms. The summed E-state index contributed by atoms with van der Waals surface area (Å²) in [6.07, 6.45) is 0.870. The zero-order chi connectivity index (χ0) is 19.9. The van der Waals surface area contributed by atoms with E-state index >= 15 is 0 Å². The van der Waals surface area contributed by atoms with E-state index in [4.69, 9.17) is 9.47 Å². The fraction of sp³-hybridized carbons (Fsp3) is 0.333. The lowest BCUT2D eigenvalue weighted by atomic mass is 9.84. The van der Waals surface area contributed by atoms with Crippen LogP contribution in [0.15, 0.2) is 48.5 Å². The molecule has 0 heterocycles. The summed E-state index contributed by atoms with van der Waals surface area (Å²) in [6.45, 7) is 6.17. The Bertz CT molecular complexity index is 788. The van der Waals surface area contributed by atoms with E-state index in [-0.39, 0.29) is 5.91 Å². The molecule has 2 aromatic rings. The highest BCUT2D eigenvalue weighted by Crippen LogP contribution is 2.28. The first kappa shape index (κ1) is 20.3. The van der Waals surface area contributed by atoms with E-state index in [1.54, 1.807) is 32.0 Å². The third-order valence-electron chi connectivity index (χ3n) is 4.24. The van der Waals surface area contributed by atoms with Crippen LogP contribution in [0, 0.1) is 0 Å². The van der Waals surface area contributed by atoms with Gasteiger partial charge in [0.25, 0.3) is 5.91 Å². The Morgan fingerprint density at radius 2 is 1.70 bits per heavy atom. The van der Waals surface area contributed by atoms with E-state index in [9.17, 15) is 9.59 Å². The lowest BCUT2D eigenvalue weighted by Gasteiger charge is -2.24. The van der Waals surface area contributed by atoms with Crippen LogP contribution < -0.4 is 20.3 Å². The molecule has 144 valence electrons. The van der Waals surface area contributed by atoms with Crippen molar-refractivity contribution in [3.8, 4) is 11.5 Å². The van der Waals surface area contributed by atoms with Gasteiger partial charge < -0.3 is 9.47 Å². The monoisotopic (exact) mass is 370 g/mol. The number of carbonyl (C=O) groups excluding carboxylic acids is 2. The number of hydrazine groups is 1. The SMILES string of the molecule is CCCOc1ccc(C(=O)NNC(=O)C(C)(C)c2ccccc2)cc1OC. The molecule has 0 fully saturated rings. The second-order valence-corrected chi connectivity index (χ2v) is 6.61. The van der Waals surface area contributed by atoms with Crippen LogP contribution in [-0.4, -0.2) is 25.5 Å². The van der Waals surface area contributed by atoms with Crippen LogP contribution in [0.2, 0.25) is 0 Å². The lowest BCUT2D eigenvalue weighted by Crippen LogP contribution is -2.49. The minimum absolute atomic E-state index is 0.308. The van der Waals surface area contributed by atoms with Crippen LogP contribution in [0.25, 0.3) is 0 Å². The summed E-state index contributed by atoms with van der Waals surface area (Å²) in [4.78, 5) is 24.9. The van der Waals surface area contributed by atoms with Crippen molar-refractivity contribution in [1.29, 1.82) is 0 Å². The summed E-state index contributed by atoms with van der Waals surface area (Å²) in [5.41, 5.74) is 5.37. The highest BCUT2D eigenvalue weighted by atomic mass is 16.5. The molecule has 0 aromatic heterocycles. The number of benzene rings is 2. The van der Waals surface area contributed by atoms with Gasteiger partial charge >= 0.3 is 0 Å². The molecule has 6 nitrogen and oxygen atoms in total. The predicted molar refractivity (Wildman–Crippen MR) is 104 cm³/mol. The summed E-state index contributed by atoms with van der Waals surface area (Å²) in [5, 5.41) is 0. The van der Waals surface area contributed by atoms with Crippen molar-refractivity contribution in [3.05, 3.63) is 59.7 Å². The number of carbonyl (C=O) groups is 2. The lowest BCUT2D eigenvalue weighted by molar-refractivity contribution is -0.126. The molecule has 0 aliphatic heterocycles. The zero-order valence-corrected chi connectivity index (χ0v) is 16.2. The fourth-order valence-corrected chi connectivity index (χ4v) is 2.47. The van der Waals surface area contributed by atoms with Gasteiger partial charge in [-0.15, -0.1) is 0 Å². The fourth-order valence-electron chi connectivity index (χ4n) is 2.47. The molecule has 0 saturated carbocycles. The second kappa shape index (κ2) is 9.07. The first-order chi connectivity index (χ1) is 12.9. The van der Waals surface area contributed by atoms with Crippen molar-refractivity contribution in [2.45, 2.75) is 32.6 Å². The largest absolute Gasteiger partial charge is 0.493 e. The number of methoxy groups -OCH3 is 1. The Kier molecular flexibility index (Phi) is 6.82. The molecule has 0 saturated heterocycles. The standard InChI is InChI=1S/C21H26N2O4/c1-5-13-27-17-12-11-15(14-18(17)26-4)19(24)22-23-20(25)21(2,3)16-9-7-6-8-10-16/h6-12,14H,5,13H2,1-4H3,(H,22,24)(H,23,25). The molecule has 0 radical (unpaired) electrons. The number of hydrogen-bond acceptors (Lipinski definition) is 4. The van der Waals surface area contributed by atoms with Gasteiger partial charge in [0.05, 0.1) is 19.1 Å². The molecule has 0 aliphatic carbocycles. The van der Waals surface area contributed by atoms with Gasteiger partial charge in [0.1, 0.15) is 0 Å². The van der Waals surface area contributed by atoms with Crippen LogP contribution in [0.1, 0.15) is 43.1 Å². The zero-order valence-electron chi connectivity index (χ0n) is 16.2. The average Bonchev–Trinajstić information content (AvgIpc) is 2.70. The maximum atomic E-state index is 12.5. The molecule has 0 spiro atoms. The minimum atomic E-state index is -0.788. The highest BCUT2D eigenvalue weighted by molar-refractivity contribution is 5.97. The van der Waals surface area contributed by atoms with Crippen molar-refractivity contribution >= 4 is 11.8 Å². The normalized spacial score (nSPS) is 10.8. The summed E-state index contributed by atoms with van der Waals surface area (Å²) in [6, 6.07) is 14.3. The van der Waals surface area contributed by atoms with Crippen molar-refractivity contribution in [2.75, 3.05) is 13.7 Å². The summed E-state index contributed by atoms with van der Waals surface area (Å²) in [5.74, 6) is 0.293. The maximum absolute atomic E-state index is 12.5.